The minimum Gasteiger partial charge on any atom is -0.493 e. The molecular weight excluding hydrogens is 442 g/mol. The topological polar surface area (TPSA) is 139 Å². The number of halogens is 1. The summed E-state index contributed by atoms with van der Waals surface area (Å²) in [4.78, 5) is 35.3. The molecule has 0 radical (unpaired) electrons. The van der Waals surface area contributed by atoms with Crippen molar-refractivity contribution in [1.82, 2.24) is 9.88 Å². The molecule has 0 aliphatic heterocycles. The van der Waals surface area contributed by atoms with E-state index < -0.39 is 17.7 Å². The van der Waals surface area contributed by atoms with E-state index in [4.69, 9.17) is 5.73 Å². The van der Waals surface area contributed by atoms with Crippen LogP contribution in [0, 0.1) is 0 Å². The van der Waals surface area contributed by atoms with Gasteiger partial charge in [-0.3, -0.25) is 14.4 Å². The van der Waals surface area contributed by atoms with Gasteiger partial charge in [0.1, 0.15) is 13.1 Å². The Kier molecular flexibility index (Phi) is 6.03. The van der Waals surface area contributed by atoms with Gasteiger partial charge in [-0.2, -0.15) is 0 Å². The van der Waals surface area contributed by atoms with Gasteiger partial charge in [-0.25, -0.2) is 0 Å². The van der Waals surface area contributed by atoms with Crippen LogP contribution in [0.4, 0.5) is 5.69 Å². The Morgan fingerprint density at radius 1 is 1.14 bits per heavy atom. The maximum absolute atomic E-state index is 12.1. The van der Waals surface area contributed by atoms with Crippen molar-refractivity contribution in [2.75, 3.05) is 6.54 Å². The van der Waals surface area contributed by atoms with Gasteiger partial charge in [-0.15, -0.1) is 10.2 Å². The lowest BCUT2D eigenvalue weighted by molar-refractivity contribution is -0.119. The molecule has 10 heteroatoms. The number of nitrogens with one attached hydrogen (secondary N) is 1. The van der Waals surface area contributed by atoms with E-state index in [1.807, 2.05) is 0 Å². The van der Waals surface area contributed by atoms with Gasteiger partial charge in [0.05, 0.1) is 5.52 Å². The molecule has 9 nitrogen and oxygen atoms in total. The summed E-state index contributed by atoms with van der Waals surface area (Å²) in [7, 11) is 0. The zero-order valence-electron chi connectivity index (χ0n) is 15.0. The normalized spacial score (nSPS) is 11.1. The van der Waals surface area contributed by atoms with Crippen LogP contribution in [0.2, 0.25) is 0 Å². The lowest BCUT2D eigenvalue weighted by atomic mass is 10.2. The maximum Gasteiger partial charge on any atom is 0.283 e. The summed E-state index contributed by atoms with van der Waals surface area (Å²) in [6.07, 6.45) is 0. The van der Waals surface area contributed by atoms with Gasteiger partial charge in [0.15, 0.2) is 5.69 Å². The van der Waals surface area contributed by atoms with E-state index >= 15 is 0 Å². The summed E-state index contributed by atoms with van der Waals surface area (Å²) in [5, 5.41) is 20.7. The van der Waals surface area contributed by atoms with Crippen LogP contribution in [0.25, 0.3) is 10.9 Å². The number of carbonyl (C=O) groups excluding carboxylic acids is 3. The number of fused-ring (bicyclic) bond motifs is 1. The first-order valence-electron chi connectivity index (χ1n) is 8.43. The van der Waals surface area contributed by atoms with Crippen molar-refractivity contribution in [2.24, 2.45) is 16.0 Å². The summed E-state index contributed by atoms with van der Waals surface area (Å²) in [5.41, 5.74) is 6.16. The van der Waals surface area contributed by atoms with E-state index in [2.05, 4.69) is 31.5 Å². The van der Waals surface area contributed by atoms with E-state index in [-0.39, 0.29) is 24.7 Å². The first kappa shape index (κ1) is 20.2. The standard InChI is InChI=1S/C19H16BrN5O4/c20-12-5-3-4-11(8-12)18(28)22-9-16(27)23-24-17-13-6-1-2-7-14(13)25(19(17)29)10-15(21)26/h1-8,29H,9-10H2,(H2,21,26)(H,22,28). The number of rotatable bonds is 6. The Hall–Kier alpha value is -3.53. The molecule has 1 heterocycles. The first-order valence-corrected chi connectivity index (χ1v) is 9.23. The lowest BCUT2D eigenvalue weighted by Crippen LogP contribution is -2.28. The van der Waals surface area contributed by atoms with Crippen molar-refractivity contribution in [1.29, 1.82) is 0 Å². The number of benzene rings is 2. The van der Waals surface area contributed by atoms with Gasteiger partial charge in [0.25, 0.3) is 11.8 Å². The average molecular weight is 458 g/mol. The zero-order valence-corrected chi connectivity index (χ0v) is 16.6. The van der Waals surface area contributed by atoms with Crippen molar-refractivity contribution >= 4 is 50.2 Å². The fraction of sp³-hybridized carbons (Fsp3) is 0.105. The Morgan fingerprint density at radius 2 is 1.90 bits per heavy atom. The van der Waals surface area contributed by atoms with Crippen LogP contribution in [0.15, 0.2) is 63.2 Å². The van der Waals surface area contributed by atoms with Crippen LogP contribution in [0.1, 0.15) is 10.4 Å². The second-order valence-corrected chi connectivity index (χ2v) is 6.94. The van der Waals surface area contributed by atoms with Crippen LogP contribution in [-0.2, 0) is 16.1 Å². The molecular formula is C19H16BrN5O4. The van der Waals surface area contributed by atoms with Crippen molar-refractivity contribution in [3.8, 4) is 5.88 Å². The predicted octanol–water partition coefficient (Wildman–Crippen LogP) is 2.63. The second-order valence-electron chi connectivity index (χ2n) is 6.03. The maximum atomic E-state index is 12.1. The van der Waals surface area contributed by atoms with E-state index in [1.54, 1.807) is 48.5 Å². The molecule has 148 valence electrons. The van der Waals surface area contributed by atoms with Crippen LogP contribution in [-0.4, -0.2) is 33.9 Å². The minimum absolute atomic E-state index is 0.0357. The number of aromatic nitrogens is 1. The molecule has 1 aromatic heterocycles. The summed E-state index contributed by atoms with van der Waals surface area (Å²) < 4.78 is 2.02. The molecule has 29 heavy (non-hydrogen) atoms. The summed E-state index contributed by atoms with van der Waals surface area (Å²) >= 11 is 3.27. The van der Waals surface area contributed by atoms with Gasteiger partial charge >= 0.3 is 0 Å². The number of nitrogens with two attached hydrogens (primary N) is 1. The molecule has 0 atom stereocenters. The number of carbonyl (C=O) groups is 3. The minimum atomic E-state index is -0.709. The molecule has 0 spiro atoms. The van der Waals surface area contributed by atoms with Crippen molar-refractivity contribution in [3.63, 3.8) is 0 Å². The Labute approximate surface area is 173 Å². The molecule has 0 saturated heterocycles. The third-order valence-corrected chi connectivity index (χ3v) is 4.47. The first-order chi connectivity index (χ1) is 13.9. The number of hydrogen-bond donors (Lipinski definition) is 3. The molecule has 4 N–H and O–H groups in total. The number of nitrogens with zero attached hydrogens (tertiary/aromatic N) is 3. The number of aromatic hydroxyl groups is 1. The van der Waals surface area contributed by atoms with Crippen LogP contribution in [0.3, 0.4) is 0 Å². The highest BCUT2D eigenvalue weighted by molar-refractivity contribution is 9.10. The number of primary amides is 1. The molecule has 0 fully saturated rings. The van der Waals surface area contributed by atoms with Gasteiger partial charge < -0.3 is 20.7 Å². The molecule has 3 aromatic rings. The average Bonchev–Trinajstić information content (AvgIpc) is 2.95. The highest BCUT2D eigenvalue weighted by Gasteiger charge is 2.18. The van der Waals surface area contributed by atoms with Gasteiger partial charge in [-0.05, 0) is 24.3 Å². The molecule has 0 bridgehead atoms. The highest BCUT2D eigenvalue weighted by Crippen LogP contribution is 2.38. The van der Waals surface area contributed by atoms with Crippen LogP contribution >= 0.6 is 15.9 Å². The molecule has 0 unspecified atom stereocenters. The van der Waals surface area contributed by atoms with E-state index in [9.17, 15) is 19.5 Å². The number of para-hydroxylation sites is 1. The second kappa shape index (κ2) is 8.65. The molecule has 0 saturated carbocycles. The summed E-state index contributed by atoms with van der Waals surface area (Å²) in [6, 6.07) is 13.5. The van der Waals surface area contributed by atoms with Gasteiger partial charge in [0.2, 0.25) is 11.8 Å². The highest BCUT2D eigenvalue weighted by atomic mass is 79.9. The van der Waals surface area contributed by atoms with Crippen LogP contribution in [0.5, 0.6) is 5.88 Å². The Bertz CT molecular complexity index is 1140. The summed E-state index contributed by atoms with van der Waals surface area (Å²) in [6.45, 7) is -0.617. The fourth-order valence-electron chi connectivity index (χ4n) is 2.71. The van der Waals surface area contributed by atoms with Gasteiger partial charge in [0, 0.05) is 15.4 Å². The lowest BCUT2D eigenvalue weighted by Gasteiger charge is -2.03. The largest absolute Gasteiger partial charge is 0.493 e. The Balaban J connectivity index is 1.75. The number of hydrogen-bond acceptors (Lipinski definition) is 5. The number of azo groups is 1. The Morgan fingerprint density at radius 3 is 2.62 bits per heavy atom. The molecule has 0 aliphatic rings. The van der Waals surface area contributed by atoms with Crippen molar-refractivity contribution in [3.05, 3.63) is 58.6 Å². The SMILES string of the molecule is NC(=O)Cn1c(O)c(N=NC(=O)CNC(=O)c2cccc(Br)c2)c2ccccc21. The molecule has 2 aromatic carbocycles. The number of amides is 3. The van der Waals surface area contributed by atoms with E-state index in [1.165, 1.54) is 4.57 Å². The van der Waals surface area contributed by atoms with Gasteiger partial charge in [-0.1, -0.05) is 40.2 Å². The smallest absolute Gasteiger partial charge is 0.283 e. The van der Waals surface area contributed by atoms with Crippen molar-refractivity contribution < 1.29 is 19.5 Å². The van der Waals surface area contributed by atoms with Crippen molar-refractivity contribution in [2.45, 2.75) is 6.54 Å². The third kappa shape index (κ3) is 4.66. The predicted molar refractivity (Wildman–Crippen MR) is 109 cm³/mol. The monoisotopic (exact) mass is 457 g/mol. The van der Waals surface area contributed by atoms with E-state index in [0.717, 1.165) is 4.47 Å². The zero-order chi connectivity index (χ0) is 21.0. The summed E-state index contributed by atoms with van der Waals surface area (Å²) in [5.74, 6) is -2.12. The van der Waals surface area contributed by atoms with Crippen LogP contribution < -0.4 is 11.1 Å². The quantitative estimate of drug-likeness (QED) is 0.489. The third-order valence-electron chi connectivity index (χ3n) is 3.98. The molecule has 3 rings (SSSR count). The fourth-order valence-corrected chi connectivity index (χ4v) is 3.11. The molecule has 3 amide bonds. The van der Waals surface area contributed by atoms with E-state index in [0.29, 0.717) is 16.5 Å². The molecule has 0 aliphatic carbocycles.